The number of benzene rings is 2. The number of anilines is 2. The zero-order valence-electron chi connectivity index (χ0n) is 20.7. The number of carbonyl (C=O) groups excluding carboxylic acids is 2. The molecule has 3 rings (SSSR count). The quantitative estimate of drug-likeness (QED) is 0.311. The number of H-pyrrole nitrogens is 1. The number of rotatable bonds is 10. The van der Waals surface area contributed by atoms with E-state index in [1.54, 1.807) is 49.4 Å². The Morgan fingerprint density at radius 1 is 1.05 bits per heavy atom. The summed E-state index contributed by atoms with van der Waals surface area (Å²) in [5.74, 6) is -0.597. The Hall–Kier alpha value is -4.80. The highest BCUT2D eigenvalue weighted by Crippen LogP contribution is 2.28. The summed E-state index contributed by atoms with van der Waals surface area (Å²) in [6.07, 6.45) is 2.65. The van der Waals surface area contributed by atoms with E-state index in [4.69, 9.17) is 19.9 Å². The van der Waals surface area contributed by atoms with Crippen molar-refractivity contribution in [2.24, 2.45) is 0 Å². The molecular weight excluding hydrogens is 480 g/mol. The number of nitrogens with two attached hydrogens (primary N) is 1. The summed E-state index contributed by atoms with van der Waals surface area (Å²) in [4.78, 5) is 53.3. The van der Waals surface area contributed by atoms with E-state index < -0.39 is 29.7 Å². The van der Waals surface area contributed by atoms with Crippen molar-refractivity contribution in [1.82, 2.24) is 9.55 Å². The maximum absolute atomic E-state index is 12.9. The summed E-state index contributed by atoms with van der Waals surface area (Å²) in [5.41, 5.74) is 5.88. The molecule has 0 bridgehead atoms. The van der Waals surface area contributed by atoms with Crippen LogP contribution < -0.4 is 31.4 Å². The Bertz CT molecular complexity index is 1410. The van der Waals surface area contributed by atoms with Crippen LogP contribution in [0.3, 0.4) is 0 Å². The summed E-state index contributed by atoms with van der Waals surface area (Å²) in [5, 5.41) is 0. The van der Waals surface area contributed by atoms with Crippen LogP contribution in [-0.2, 0) is 20.9 Å². The lowest BCUT2D eigenvalue weighted by molar-refractivity contribution is -0.142. The summed E-state index contributed by atoms with van der Waals surface area (Å²) < 4.78 is 16.6. The third-order valence-electron chi connectivity index (χ3n) is 5.44. The fraction of sp³-hybridized carbons (Fsp3) is 0.231. The van der Waals surface area contributed by atoms with E-state index in [1.807, 2.05) is 6.07 Å². The second-order valence-corrected chi connectivity index (χ2v) is 7.76. The van der Waals surface area contributed by atoms with E-state index >= 15 is 0 Å². The number of ether oxygens (including phenoxy) is 3. The number of methoxy groups -OCH3 is 2. The number of nitrogen functional groups attached to an aromatic ring is 1. The maximum Gasteiger partial charge on any atom is 0.331 e. The number of nitrogens with one attached hydrogen (secondary N) is 1. The third-order valence-corrected chi connectivity index (χ3v) is 5.44. The standard InChI is InChI=1S/C26H28N4O7/c1-4-29(23-24(27)30(26(34)28-25(23)33)15-18-8-6-5-7-9-18)21(31)16-37-22(32)13-11-17-10-12-19(35-2)20(14-17)36-3/h5-14H,4,15-16,27H2,1-3H3,(H,28,33,34). The van der Waals surface area contributed by atoms with Crippen molar-refractivity contribution in [3.8, 4) is 11.5 Å². The van der Waals surface area contributed by atoms with Gasteiger partial charge < -0.3 is 24.8 Å². The van der Waals surface area contributed by atoms with Crippen LogP contribution in [0, 0.1) is 0 Å². The zero-order chi connectivity index (χ0) is 26.9. The summed E-state index contributed by atoms with van der Waals surface area (Å²) >= 11 is 0. The molecule has 3 aromatic rings. The van der Waals surface area contributed by atoms with Gasteiger partial charge >= 0.3 is 11.7 Å². The minimum Gasteiger partial charge on any atom is -0.493 e. The zero-order valence-corrected chi connectivity index (χ0v) is 20.7. The minimum absolute atomic E-state index is 0.0503. The second-order valence-electron chi connectivity index (χ2n) is 7.76. The molecule has 1 heterocycles. The Morgan fingerprint density at radius 2 is 1.76 bits per heavy atom. The van der Waals surface area contributed by atoms with Gasteiger partial charge in [0.25, 0.3) is 11.5 Å². The van der Waals surface area contributed by atoms with E-state index in [-0.39, 0.29) is 24.6 Å². The van der Waals surface area contributed by atoms with Gasteiger partial charge in [0, 0.05) is 12.6 Å². The topological polar surface area (TPSA) is 146 Å². The third kappa shape index (κ3) is 6.45. The van der Waals surface area contributed by atoms with E-state index in [2.05, 4.69) is 4.98 Å². The Labute approximate surface area is 212 Å². The molecule has 11 nitrogen and oxygen atoms in total. The van der Waals surface area contributed by atoms with Crippen molar-refractivity contribution in [3.63, 3.8) is 0 Å². The first-order valence-corrected chi connectivity index (χ1v) is 11.3. The van der Waals surface area contributed by atoms with Crippen LogP contribution in [0.5, 0.6) is 11.5 Å². The molecule has 1 amide bonds. The second kappa shape index (κ2) is 12.2. The fourth-order valence-corrected chi connectivity index (χ4v) is 3.60. The molecule has 0 fully saturated rings. The number of carbonyl (C=O) groups is 2. The van der Waals surface area contributed by atoms with Crippen LogP contribution >= 0.6 is 0 Å². The first-order valence-electron chi connectivity index (χ1n) is 11.3. The van der Waals surface area contributed by atoms with Gasteiger partial charge in [-0.2, -0.15) is 0 Å². The monoisotopic (exact) mass is 508 g/mol. The van der Waals surface area contributed by atoms with Crippen LogP contribution in [-0.4, -0.2) is 48.8 Å². The van der Waals surface area contributed by atoms with E-state index in [0.717, 1.165) is 16.5 Å². The molecule has 1 aromatic heterocycles. The van der Waals surface area contributed by atoms with Gasteiger partial charge in [0.05, 0.1) is 20.8 Å². The number of hydrogen-bond donors (Lipinski definition) is 2. The Morgan fingerprint density at radius 3 is 2.41 bits per heavy atom. The van der Waals surface area contributed by atoms with Crippen molar-refractivity contribution in [1.29, 1.82) is 0 Å². The summed E-state index contributed by atoms with van der Waals surface area (Å²) in [6.45, 7) is 1.13. The number of aromatic nitrogens is 2. The van der Waals surface area contributed by atoms with E-state index in [9.17, 15) is 19.2 Å². The average Bonchev–Trinajstić information content (AvgIpc) is 2.91. The lowest BCUT2D eigenvalue weighted by atomic mass is 10.2. The Kier molecular flexibility index (Phi) is 8.87. The van der Waals surface area contributed by atoms with Gasteiger partial charge in [0.2, 0.25) is 0 Å². The van der Waals surface area contributed by atoms with E-state index in [0.29, 0.717) is 17.1 Å². The number of amides is 1. The predicted molar refractivity (Wildman–Crippen MR) is 139 cm³/mol. The molecule has 0 radical (unpaired) electrons. The molecule has 0 unspecified atom stereocenters. The highest BCUT2D eigenvalue weighted by atomic mass is 16.5. The molecular formula is C26H28N4O7. The van der Waals surface area contributed by atoms with Gasteiger partial charge in [-0.3, -0.25) is 19.1 Å². The highest BCUT2D eigenvalue weighted by Gasteiger charge is 2.24. The molecule has 0 saturated heterocycles. The molecule has 0 atom stereocenters. The normalized spacial score (nSPS) is 10.8. The molecule has 0 spiro atoms. The molecule has 11 heteroatoms. The Balaban J connectivity index is 1.74. The van der Waals surface area contributed by atoms with Crippen LogP contribution in [0.25, 0.3) is 6.08 Å². The first-order chi connectivity index (χ1) is 17.8. The number of nitrogens with zero attached hydrogens (tertiary/aromatic N) is 2. The summed E-state index contributed by atoms with van der Waals surface area (Å²) in [6, 6.07) is 14.1. The van der Waals surface area contributed by atoms with Crippen molar-refractivity contribution < 1.29 is 23.8 Å². The van der Waals surface area contributed by atoms with Crippen LogP contribution in [0.4, 0.5) is 11.5 Å². The number of likely N-dealkylation sites (N-methyl/N-ethyl adjacent to an activating group) is 1. The fourth-order valence-electron chi connectivity index (χ4n) is 3.60. The highest BCUT2D eigenvalue weighted by molar-refractivity contribution is 5.98. The van der Waals surface area contributed by atoms with E-state index in [1.165, 1.54) is 24.9 Å². The minimum atomic E-state index is -0.818. The lowest BCUT2D eigenvalue weighted by Crippen LogP contribution is -2.42. The largest absolute Gasteiger partial charge is 0.493 e. The summed E-state index contributed by atoms with van der Waals surface area (Å²) in [7, 11) is 3.01. The predicted octanol–water partition coefficient (Wildman–Crippen LogP) is 1.79. The molecule has 0 saturated carbocycles. The average molecular weight is 509 g/mol. The van der Waals surface area contributed by atoms with Gasteiger partial charge in [-0.25, -0.2) is 9.59 Å². The van der Waals surface area contributed by atoms with Gasteiger partial charge in [-0.15, -0.1) is 0 Å². The molecule has 0 aliphatic rings. The van der Waals surface area contributed by atoms with Crippen LogP contribution in [0.15, 0.2) is 64.2 Å². The van der Waals surface area contributed by atoms with Crippen molar-refractivity contribution >= 4 is 29.5 Å². The maximum atomic E-state index is 12.9. The molecule has 3 N–H and O–H groups in total. The number of aromatic amines is 1. The smallest absolute Gasteiger partial charge is 0.331 e. The van der Waals surface area contributed by atoms with Crippen LogP contribution in [0.2, 0.25) is 0 Å². The van der Waals surface area contributed by atoms with Crippen molar-refractivity contribution in [2.75, 3.05) is 38.0 Å². The van der Waals surface area contributed by atoms with Crippen molar-refractivity contribution in [2.45, 2.75) is 13.5 Å². The van der Waals surface area contributed by atoms with Gasteiger partial charge in [-0.1, -0.05) is 36.4 Å². The lowest BCUT2D eigenvalue weighted by Gasteiger charge is -2.23. The molecule has 0 aliphatic heterocycles. The van der Waals surface area contributed by atoms with Gasteiger partial charge in [0.15, 0.2) is 23.8 Å². The molecule has 194 valence electrons. The molecule has 2 aromatic carbocycles. The van der Waals surface area contributed by atoms with Crippen LogP contribution in [0.1, 0.15) is 18.1 Å². The van der Waals surface area contributed by atoms with Gasteiger partial charge in [0.1, 0.15) is 5.82 Å². The molecule has 37 heavy (non-hydrogen) atoms. The van der Waals surface area contributed by atoms with Gasteiger partial charge in [-0.05, 0) is 36.3 Å². The SMILES string of the molecule is CCN(C(=O)COC(=O)C=Cc1ccc(OC)c(OC)c1)c1c(N)n(Cc2ccccc2)c(=O)[nH]c1=O. The first kappa shape index (κ1) is 26.8. The molecule has 0 aliphatic carbocycles. The number of hydrogen-bond acceptors (Lipinski definition) is 8. The number of esters is 1. The van der Waals surface area contributed by atoms with Crippen molar-refractivity contribution in [3.05, 3.63) is 86.6 Å².